The number of hydrogen-bond donors (Lipinski definition) is 2. The van der Waals surface area contributed by atoms with Crippen molar-refractivity contribution >= 4 is 17.4 Å². The van der Waals surface area contributed by atoms with Crippen LogP contribution >= 0.6 is 11.5 Å². The van der Waals surface area contributed by atoms with Crippen LogP contribution in [0.5, 0.6) is 0 Å². The first-order chi connectivity index (χ1) is 8.18. The molecule has 5 nitrogen and oxygen atoms in total. The predicted molar refractivity (Wildman–Crippen MR) is 67.4 cm³/mol. The molecule has 1 fully saturated rings. The minimum Gasteiger partial charge on any atom is -0.350 e. The summed E-state index contributed by atoms with van der Waals surface area (Å²) >= 11 is 1.17. The molecule has 0 aromatic carbocycles. The maximum absolute atomic E-state index is 11.9. The van der Waals surface area contributed by atoms with Gasteiger partial charge >= 0.3 is 0 Å². The van der Waals surface area contributed by atoms with Crippen LogP contribution in [0, 0.1) is 0 Å². The quantitative estimate of drug-likeness (QED) is 0.747. The molecule has 0 radical (unpaired) electrons. The molecule has 2 rings (SSSR count). The molecule has 94 valence electrons. The van der Waals surface area contributed by atoms with Crippen molar-refractivity contribution in [2.24, 2.45) is 0 Å². The van der Waals surface area contributed by atoms with E-state index in [2.05, 4.69) is 20.2 Å². The lowest BCUT2D eigenvalue weighted by Gasteiger charge is -2.06. The third-order valence-electron chi connectivity index (χ3n) is 2.69. The van der Waals surface area contributed by atoms with Gasteiger partial charge in [0.15, 0.2) is 0 Å². The lowest BCUT2D eigenvalue weighted by atomic mass is 10.1. The fourth-order valence-corrected chi connectivity index (χ4v) is 2.29. The summed E-state index contributed by atoms with van der Waals surface area (Å²) in [6, 6.07) is 0.684. The van der Waals surface area contributed by atoms with Gasteiger partial charge < -0.3 is 10.6 Å². The van der Waals surface area contributed by atoms with Gasteiger partial charge in [-0.15, -0.1) is 5.10 Å². The third kappa shape index (κ3) is 3.47. The van der Waals surface area contributed by atoms with Crippen molar-refractivity contribution in [1.82, 2.24) is 20.2 Å². The Morgan fingerprint density at radius 2 is 2.24 bits per heavy atom. The molecule has 2 N–H and O–H groups in total. The maximum atomic E-state index is 11.9. The lowest BCUT2D eigenvalue weighted by Crippen LogP contribution is -2.32. The standard InChI is InChI=1S/C11H18N4OS/c1-7(2)9-10(17-15-14-9)11(16)13-6-5-12-8-3-4-8/h7-8,12H,3-6H2,1-2H3,(H,13,16). The van der Waals surface area contributed by atoms with E-state index in [1.165, 1.54) is 24.4 Å². The lowest BCUT2D eigenvalue weighted by molar-refractivity contribution is 0.0956. The molecule has 1 heterocycles. The molecule has 1 aromatic heterocycles. The minimum absolute atomic E-state index is 0.0544. The van der Waals surface area contributed by atoms with Crippen LogP contribution in [-0.4, -0.2) is 34.6 Å². The van der Waals surface area contributed by atoms with Crippen molar-refractivity contribution < 1.29 is 4.79 Å². The average molecular weight is 254 g/mol. The van der Waals surface area contributed by atoms with Gasteiger partial charge in [-0.2, -0.15) is 0 Å². The molecule has 1 aliphatic carbocycles. The van der Waals surface area contributed by atoms with Crippen LogP contribution in [0.15, 0.2) is 0 Å². The molecular weight excluding hydrogens is 236 g/mol. The van der Waals surface area contributed by atoms with Gasteiger partial charge in [-0.25, -0.2) is 0 Å². The minimum atomic E-state index is -0.0544. The highest BCUT2D eigenvalue weighted by Gasteiger charge is 2.20. The van der Waals surface area contributed by atoms with Crippen LogP contribution in [0.4, 0.5) is 0 Å². The van der Waals surface area contributed by atoms with Crippen LogP contribution in [0.25, 0.3) is 0 Å². The van der Waals surface area contributed by atoms with Crippen LogP contribution in [0.2, 0.25) is 0 Å². The highest BCUT2D eigenvalue weighted by atomic mass is 32.1. The molecule has 1 amide bonds. The second-order valence-corrected chi connectivity index (χ2v) is 5.38. The van der Waals surface area contributed by atoms with Crippen LogP contribution in [0.1, 0.15) is 48.0 Å². The van der Waals surface area contributed by atoms with Crippen LogP contribution in [0.3, 0.4) is 0 Å². The van der Waals surface area contributed by atoms with Crippen molar-refractivity contribution in [3.05, 3.63) is 10.6 Å². The fourth-order valence-electron chi connectivity index (χ4n) is 1.55. The topological polar surface area (TPSA) is 66.9 Å². The van der Waals surface area contributed by atoms with Gasteiger partial charge in [-0.05, 0) is 30.3 Å². The number of rotatable bonds is 6. The normalized spacial score (nSPS) is 15.2. The molecule has 1 aliphatic rings. The highest BCUT2D eigenvalue weighted by molar-refractivity contribution is 7.08. The largest absolute Gasteiger partial charge is 0.350 e. The summed E-state index contributed by atoms with van der Waals surface area (Å²) in [4.78, 5) is 12.5. The van der Waals surface area contributed by atoms with Gasteiger partial charge in [0.1, 0.15) is 4.88 Å². The van der Waals surface area contributed by atoms with Crippen molar-refractivity contribution in [3.63, 3.8) is 0 Å². The van der Waals surface area contributed by atoms with Crippen LogP contribution in [-0.2, 0) is 0 Å². The summed E-state index contributed by atoms with van der Waals surface area (Å²) in [5.41, 5.74) is 0.794. The highest BCUT2D eigenvalue weighted by Crippen LogP contribution is 2.19. The third-order valence-corrected chi connectivity index (χ3v) is 3.43. The van der Waals surface area contributed by atoms with Gasteiger partial charge in [0.25, 0.3) is 5.91 Å². The van der Waals surface area contributed by atoms with E-state index in [4.69, 9.17) is 0 Å². The Kier molecular flexibility index (Phi) is 4.06. The van der Waals surface area contributed by atoms with E-state index < -0.39 is 0 Å². The first kappa shape index (κ1) is 12.4. The zero-order valence-corrected chi connectivity index (χ0v) is 11.0. The number of aromatic nitrogens is 2. The Bertz CT molecular complexity index is 387. The number of amides is 1. The van der Waals surface area contributed by atoms with Crippen molar-refractivity contribution in [2.75, 3.05) is 13.1 Å². The Hall–Kier alpha value is -1.01. The molecule has 6 heteroatoms. The van der Waals surface area contributed by atoms with E-state index >= 15 is 0 Å². The monoisotopic (exact) mass is 254 g/mol. The summed E-state index contributed by atoms with van der Waals surface area (Å²) in [6.45, 7) is 5.52. The molecule has 1 saturated carbocycles. The van der Waals surface area contributed by atoms with Gasteiger partial charge in [0, 0.05) is 19.1 Å². The molecule has 0 unspecified atom stereocenters. The number of nitrogens with zero attached hydrogens (tertiary/aromatic N) is 2. The summed E-state index contributed by atoms with van der Waals surface area (Å²) in [7, 11) is 0. The van der Waals surface area contributed by atoms with E-state index in [1.807, 2.05) is 13.8 Å². The molecule has 0 saturated heterocycles. The van der Waals surface area contributed by atoms with E-state index in [0.29, 0.717) is 17.5 Å². The van der Waals surface area contributed by atoms with Crippen LogP contribution < -0.4 is 10.6 Å². The first-order valence-corrected chi connectivity index (χ1v) is 6.79. The number of hydrogen-bond acceptors (Lipinski definition) is 5. The van der Waals surface area contributed by atoms with E-state index in [1.54, 1.807) is 0 Å². The van der Waals surface area contributed by atoms with Gasteiger partial charge in [-0.1, -0.05) is 18.3 Å². The van der Waals surface area contributed by atoms with Crippen molar-refractivity contribution in [2.45, 2.75) is 38.6 Å². The number of nitrogens with one attached hydrogen (secondary N) is 2. The molecule has 17 heavy (non-hydrogen) atoms. The van der Waals surface area contributed by atoms with E-state index in [-0.39, 0.29) is 11.8 Å². The smallest absolute Gasteiger partial charge is 0.265 e. The molecule has 0 spiro atoms. The Morgan fingerprint density at radius 1 is 1.47 bits per heavy atom. The summed E-state index contributed by atoms with van der Waals surface area (Å²) in [5.74, 6) is 0.181. The summed E-state index contributed by atoms with van der Waals surface area (Å²) < 4.78 is 3.85. The summed E-state index contributed by atoms with van der Waals surface area (Å²) in [6.07, 6.45) is 2.54. The molecule has 0 atom stereocenters. The van der Waals surface area contributed by atoms with E-state index in [0.717, 1.165) is 12.2 Å². The Labute approximate surface area is 105 Å². The van der Waals surface area contributed by atoms with Gasteiger partial charge in [0.05, 0.1) is 5.69 Å². The van der Waals surface area contributed by atoms with Crippen molar-refractivity contribution in [3.8, 4) is 0 Å². The molecule has 0 aliphatic heterocycles. The maximum Gasteiger partial charge on any atom is 0.265 e. The zero-order chi connectivity index (χ0) is 12.3. The number of carbonyl (C=O) groups is 1. The Balaban J connectivity index is 1.79. The average Bonchev–Trinajstić information content (AvgIpc) is 2.97. The Morgan fingerprint density at radius 3 is 2.88 bits per heavy atom. The SMILES string of the molecule is CC(C)c1nnsc1C(=O)NCCNC1CC1. The fraction of sp³-hybridized carbons (Fsp3) is 0.727. The molecular formula is C11H18N4OS. The van der Waals surface area contributed by atoms with Crippen molar-refractivity contribution in [1.29, 1.82) is 0 Å². The predicted octanol–water partition coefficient (Wildman–Crippen LogP) is 1.14. The molecule has 0 bridgehead atoms. The first-order valence-electron chi connectivity index (χ1n) is 6.02. The van der Waals surface area contributed by atoms with E-state index in [9.17, 15) is 4.79 Å². The van der Waals surface area contributed by atoms with Gasteiger partial charge in [0.2, 0.25) is 0 Å². The second kappa shape index (κ2) is 5.55. The number of carbonyl (C=O) groups excluding carboxylic acids is 1. The molecule has 1 aromatic rings. The zero-order valence-electron chi connectivity index (χ0n) is 10.2. The van der Waals surface area contributed by atoms with Gasteiger partial charge in [-0.3, -0.25) is 4.79 Å². The second-order valence-electron chi connectivity index (χ2n) is 4.63. The summed E-state index contributed by atoms with van der Waals surface area (Å²) in [5, 5.41) is 10.2.